The molecule has 0 atom stereocenters. The van der Waals surface area contributed by atoms with E-state index in [1.165, 1.54) is 18.2 Å². The van der Waals surface area contributed by atoms with Crippen LogP contribution in [0.25, 0.3) is 0 Å². The highest BCUT2D eigenvalue weighted by Crippen LogP contribution is 2.48. The van der Waals surface area contributed by atoms with Crippen LogP contribution in [-0.2, 0) is 0 Å². The van der Waals surface area contributed by atoms with Gasteiger partial charge in [0.1, 0.15) is 17.1 Å². The van der Waals surface area contributed by atoms with Gasteiger partial charge in [-0.3, -0.25) is 4.79 Å². The van der Waals surface area contributed by atoms with Crippen LogP contribution in [0.1, 0.15) is 23.3 Å². The van der Waals surface area contributed by atoms with Gasteiger partial charge >= 0.3 is 6.18 Å². The molecule has 0 radical (unpaired) electrons. The first-order chi connectivity index (χ1) is 7.84. The Morgan fingerprint density at radius 3 is 2.53 bits per heavy atom. The monoisotopic (exact) mass is 245 g/mol. The van der Waals surface area contributed by atoms with Gasteiger partial charge in [-0.25, -0.2) is 4.98 Å². The van der Waals surface area contributed by atoms with Crippen molar-refractivity contribution in [3.8, 4) is 0 Å². The molecule has 1 heterocycles. The molecule has 1 aliphatic carbocycles. The zero-order chi connectivity index (χ0) is 12.7. The second-order valence-electron chi connectivity index (χ2n) is 3.98. The molecule has 1 fully saturated rings. The number of amides is 1. The predicted octanol–water partition coefficient (Wildman–Crippen LogP) is 1.49. The fourth-order valence-electron chi connectivity index (χ4n) is 1.46. The average Bonchev–Trinajstić information content (AvgIpc) is 2.98. The van der Waals surface area contributed by atoms with Crippen LogP contribution in [0.3, 0.4) is 0 Å². The van der Waals surface area contributed by atoms with Crippen LogP contribution in [0.5, 0.6) is 0 Å². The summed E-state index contributed by atoms with van der Waals surface area (Å²) < 4.78 is 37.8. The van der Waals surface area contributed by atoms with E-state index in [-0.39, 0.29) is 24.4 Å². The van der Waals surface area contributed by atoms with E-state index in [1.54, 1.807) is 0 Å². The Labute approximate surface area is 95.0 Å². The topological polar surface area (TPSA) is 68.0 Å². The van der Waals surface area contributed by atoms with Crippen molar-refractivity contribution in [1.29, 1.82) is 0 Å². The van der Waals surface area contributed by atoms with Crippen molar-refractivity contribution < 1.29 is 18.0 Å². The Morgan fingerprint density at radius 1 is 1.41 bits per heavy atom. The summed E-state index contributed by atoms with van der Waals surface area (Å²) in [4.78, 5) is 15.2. The minimum absolute atomic E-state index is 0.0921. The van der Waals surface area contributed by atoms with Crippen LogP contribution in [0.4, 0.5) is 19.0 Å². The number of pyridine rings is 1. The maximum atomic E-state index is 12.6. The SMILES string of the molecule is Nc1cccc(C(=O)NC2(C(F)(F)F)CC2)n1. The molecule has 1 aliphatic rings. The van der Waals surface area contributed by atoms with Crippen LogP contribution in [0.15, 0.2) is 18.2 Å². The number of nitrogens with zero attached hydrogens (tertiary/aromatic N) is 1. The summed E-state index contributed by atoms with van der Waals surface area (Å²) in [5, 5.41) is 1.97. The lowest BCUT2D eigenvalue weighted by Gasteiger charge is -2.20. The molecule has 7 heteroatoms. The summed E-state index contributed by atoms with van der Waals surface area (Å²) in [5.74, 6) is -0.762. The van der Waals surface area contributed by atoms with Crippen molar-refractivity contribution in [2.24, 2.45) is 0 Å². The summed E-state index contributed by atoms with van der Waals surface area (Å²) in [5.41, 5.74) is 3.16. The number of hydrogen-bond acceptors (Lipinski definition) is 3. The Kier molecular flexibility index (Phi) is 2.48. The van der Waals surface area contributed by atoms with Gasteiger partial charge in [-0.2, -0.15) is 13.2 Å². The second kappa shape index (κ2) is 3.61. The lowest BCUT2D eigenvalue weighted by atomic mass is 10.2. The quantitative estimate of drug-likeness (QED) is 0.829. The molecule has 0 spiro atoms. The Hall–Kier alpha value is -1.79. The summed E-state index contributed by atoms with van der Waals surface area (Å²) in [6.45, 7) is 0. The molecular formula is C10H10F3N3O. The Morgan fingerprint density at radius 2 is 2.06 bits per heavy atom. The lowest BCUT2D eigenvalue weighted by molar-refractivity contribution is -0.163. The zero-order valence-corrected chi connectivity index (χ0v) is 8.71. The molecule has 17 heavy (non-hydrogen) atoms. The van der Waals surface area contributed by atoms with Crippen LogP contribution < -0.4 is 11.1 Å². The van der Waals surface area contributed by atoms with E-state index in [9.17, 15) is 18.0 Å². The molecule has 3 N–H and O–H groups in total. The van der Waals surface area contributed by atoms with Gasteiger partial charge in [-0.05, 0) is 25.0 Å². The van der Waals surface area contributed by atoms with Crippen LogP contribution in [-0.4, -0.2) is 22.6 Å². The highest BCUT2D eigenvalue weighted by atomic mass is 19.4. The second-order valence-corrected chi connectivity index (χ2v) is 3.98. The normalized spacial score (nSPS) is 17.6. The minimum atomic E-state index is -4.43. The van der Waals surface area contributed by atoms with Crippen molar-refractivity contribution in [2.45, 2.75) is 24.6 Å². The van der Waals surface area contributed by atoms with Crippen molar-refractivity contribution in [2.75, 3.05) is 5.73 Å². The average molecular weight is 245 g/mol. The largest absolute Gasteiger partial charge is 0.411 e. The number of aromatic nitrogens is 1. The van der Waals surface area contributed by atoms with Crippen LogP contribution in [0, 0.1) is 0 Å². The van der Waals surface area contributed by atoms with Gasteiger partial charge in [0.15, 0.2) is 0 Å². The summed E-state index contributed by atoms with van der Waals surface area (Å²) in [6.07, 6.45) is -4.61. The molecule has 0 saturated heterocycles. The molecule has 1 aromatic rings. The number of nitrogen functional groups attached to an aromatic ring is 1. The fourth-order valence-corrected chi connectivity index (χ4v) is 1.46. The number of nitrogens with two attached hydrogens (primary N) is 1. The predicted molar refractivity (Wildman–Crippen MR) is 54.1 cm³/mol. The van der Waals surface area contributed by atoms with E-state index in [1.807, 2.05) is 5.32 Å². The van der Waals surface area contributed by atoms with E-state index in [0.717, 1.165) is 0 Å². The number of alkyl halides is 3. The third-order valence-electron chi connectivity index (χ3n) is 2.65. The molecule has 0 bridgehead atoms. The van der Waals surface area contributed by atoms with Gasteiger partial charge in [0.05, 0.1) is 0 Å². The summed E-state index contributed by atoms with van der Waals surface area (Å²) in [6, 6.07) is 4.23. The van der Waals surface area contributed by atoms with Crippen LogP contribution in [0.2, 0.25) is 0 Å². The van der Waals surface area contributed by atoms with E-state index >= 15 is 0 Å². The van der Waals surface area contributed by atoms with Crippen molar-refractivity contribution >= 4 is 11.7 Å². The van der Waals surface area contributed by atoms with Gasteiger partial charge in [-0.15, -0.1) is 0 Å². The smallest absolute Gasteiger partial charge is 0.384 e. The van der Waals surface area contributed by atoms with Crippen molar-refractivity contribution in [3.05, 3.63) is 23.9 Å². The molecule has 4 nitrogen and oxygen atoms in total. The standard InChI is InChI=1S/C10H10F3N3O/c11-10(12,13)9(4-5-9)16-8(17)6-2-1-3-7(14)15-6/h1-3H,4-5H2,(H2,14,15)(H,16,17). The van der Waals surface area contributed by atoms with Gasteiger partial charge in [0.25, 0.3) is 5.91 Å². The fraction of sp³-hybridized carbons (Fsp3) is 0.400. The third-order valence-corrected chi connectivity index (χ3v) is 2.65. The number of carbonyl (C=O) groups is 1. The van der Waals surface area contributed by atoms with Gasteiger partial charge < -0.3 is 11.1 Å². The Balaban J connectivity index is 2.13. The maximum Gasteiger partial charge on any atom is 0.411 e. The number of carbonyl (C=O) groups excluding carboxylic acids is 1. The molecule has 0 aliphatic heterocycles. The van der Waals surface area contributed by atoms with Crippen molar-refractivity contribution in [3.63, 3.8) is 0 Å². The molecule has 2 rings (SSSR count). The van der Waals surface area contributed by atoms with E-state index < -0.39 is 17.6 Å². The molecule has 1 aromatic heterocycles. The first kappa shape index (κ1) is 11.7. The van der Waals surface area contributed by atoms with Crippen molar-refractivity contribution in [1.82, 2.24) is 10.3 Å². The first-order valence-corrected chi connectivity index (χ1v) is 4.96. The Bertz CT molecular complexity index is 454. The summed E-state index contributed by atoms with van der Waals surface area (Å²) >= 11 is 0. The number of rotatable bonds is 2. The maximum absolute atomic E-state index is 12.6. The van der Waals surface area contributed by atoms with Crippen LogP contribution >= 0.6 is 0 Å². The number of halogens is 3. The number of anilines is 1. The zero-order valence-electron chi connectivity index (χ0n) is 8.71. The van der Waals surface area contributed by atoms with Gasteiger partial charge in [-0.1, -0.05) is 6.07 Å². The summed E-state index contributed by atoms with van der Waals surface area (Å²) in [7, 11) is 0. The molecule has 1 saturated carbocycles. The van der Waals surface area contributed by atoms with E-state index in [4.69, 9.17) is 5.73 Å². The third kappa shape index (κ3) is 2.17. The van der Waals surface area contributed by atoms with Gasteiger partial charge in [0, 0.05) is 0 Å². The number of nitrogens with one attached hydrogen (secondary N) is 1. The highest BCUT2D eigenvalue weighted by Gasteiger charge is 2.64. The molecule has 92 valence electrons. The molecule has 0 unspecified atom stereocenters. The molecular weight excluding hydrogens is 235 g/mol. The lowest BCUT2D eigenvalue weighted by Crippen LogP contribution is -2.48. The minimum Gasteiger partial charge on any atom is -0.384 e. The first-order valence-electron chi connectivity index (χ1n) is 4.96. The van der Waals surface area contributed by atoms with E-state index in [2.05, 4.69) is 4.98 Å². The molecule has 0 aromatic carbocycles. The number of hydrogen-bond donors (Lipinski definition) is 2. The van der Waals surface area contributed by atoms with Gasteiger partial charge in [0.2, 0.25) is 0 Å². The highest BCUT2D eigenvalue weighted by molar-refractivity contribution is 5.93. The van der Waals surface area contributed by atoms with E-state index in [0.29, 0.717) is 0 Å². The molecule has 1 amide bonds.